The van der Waals surface area contributed by atoms with Crippen LogP contribution in [0.25, 0.3) is 0 Å². The summed E-state index contributed by atoms with van der Waals surface area (Å²) >= 11 is 6.36. The Labute approximate surface area is 168 Å². The van der Waals surface area contributed by atoms with Crippen molar-refractivity contribution < 1.29 is 14.3 Å². The molecule has 146 valence electrons. The molecule has 1 atom stereocenters. The molecule has 2 heterocycles. The van der Waals surface area contributed by atoms with Crippen molar-refractivity contribution in [3.05, 3.63) is 46.0 Å². The topological polar surface area (TPSA) is 70.7 Å². The lowest BCUT2D eigenvalue weighted by molar-refractivity contribution is -0.119. The van der Waals surface area contributed by atoms with Gasteiger partial charge in [0.2, 0.25) is 5.91 Å². The number of benzene rings is 2. The number of hydrogen-bond acceptors (Lipinski definition) is 4. The van der Waals surface area contributed by atoms with Crippen LogP contribution >= 0.6 is 11.6 Å². The molecule has 2 aliphatic rings. The van der Waals surface area contributed by atoms with Gasteiger partial charge < -0.3 is 20.3 Å². The minimum absolute atomic E-state index is 0.0260. The standard InChI is InChI=1S/C21H22ClN3O3/c1-11-6-12(2)20(13(3)7-11)25-5-4-15(21(25)27)23-16-9-18-17(8-14(16)22)24-19(26)10-28-18/h6-9,15,23H,4-5,10H2,1-3H3,(H,24,26). The van der Waals surface area contributed by atoms with E-state index in [1.165, 1.54) is 5.56 Å². The number of nitrogens with zero attached hydrogens (tertiary/aromatic N) is 1. The molecule has 0 saturated carbocycles. The Morgan fingerprint density at radius 2 is 1.86 bits per heavy atom. The summed E-state index contributed by atoms with van der Waals surface area (Å²) in [6, 6.07) is 7.20. The maximum Gasteiger partial charge on any atom is 0.262 e. The van der Waals surface area contributed by atoms with Crippen molar-refractivity contribution in [2.75, 3.05) is 28.7 Å². The predicted octanol–water partition coefficient (Wildman–Crippen LogP) is 3.81. The van der Waals surface area contributed by atoms with E-state index in [9.17, 15) is 9.59 Å². The van der Waals surface area contributed by atoms with E-state index in [1.807, 2.05) is 18.7 Å². The number of fused-ring (bicyclic) bond motifs is 1. The van der Waals surface area contributed by atoms with Crippen LogP contribution in [0.15, 0.2) is 24.3 Å². The Hall–Kier alpha value is -2.73. The molecule has 1 unspecified atom stereocenters. The van der Waals surface area contributed by atoms with Gasteiger partial charge in [0.25, 0.3) is 5.91 Å². The number of ether oxygens (including phenoxy) is 1. The number of aryl methyl sites for hydroxylation is 3. The number of hydrogen-bond donors (Lipinski definition) is 2. The third kappa shape index (κ3) is 3.29. The lowest BCUT2D eigenvalue weighted by Gasteiger charge is -2.23. The van der Waals surface area contributed by atoms with Crippen LogP contribution in [-0.4, -0.2) is 31.0 Å². The molecule has 2 aromatic carbocycles. The first-order valence-corrected chi connectivity index (χ1v) is 9.63. The number of halogens is 1. The van der Waals surface area contributed by atoms with Crippen LogP contribution in [0.3, 0.4) is 0 Å². The second-order valence-corrected chi connectivity index (χ2v) is 7.80. The molecule has 2 amide bonds. The van der Waals surface area contributed by atoms with Gasteiger partial charge in [-0.05, 0) is 44.4 Å². The van der Waals surface area contributed by atoms with Crippen LogP contribution < -0.4 is 20.3 Å². The predicted molar refractivity (Wildman–Crippen MR) is 111 cm³/mol. The third-order valence-corrected chi connectivity index (χ3v) is 5.46. The highest BCUT2D eigenvalue weighted by Crippen LogP contribution is 2.38. The molecule has 0 bridgehead atoms. The van der Waals surface area contributed by atoms with E-state index in [-0.39, 0.29) is 24.5 Å². The summed E-state index contributed by atoms with van der Waals surface area (Å²) in [6.07, 6.45) is 0.677. The van der Waals surface area contributed by atoms with Gasteiger partial charge >= 0.3 is 0 Å². The Morgan fingerprint density at radius 3 is 2.57 bits per heavy atom. The lowest BCUT2D eigenvalue weighted by atomic mass is 10.0. The number of amides is 2. The molecule has 4 rings (SSSR count). The van der Waals surface area contributed by atoms with Crippen molar-refractivity contribution >= 4 is 40.5 Å². The van der Waals surface area contributed by atoms with E-state index in [1.54, 1.807) is 12.1 Å². The maximum atomic E-state index is 13.1. The highest BCUT2D eigenvalue weighted by Gasteiger charge is 2.34. The number of carbonyl (C=O) groups is 2. The van der Waals surface area contributed by atoms with Crippen molar-refractivity contribution in [3.63, 3.8) is 0 Å². The molecule has 1 saturated heterocycles. The van der Waals surface area contributed by atoms with Crippen LogP contribution in [0, 0.1) is 20.8 Å². The SMILES string of the molecule is Cc1cc(C)c(N2CCC(Nc3cc4c(cc3Cl)NC(=O)CO4)C2=O)c(C)c1. The fraction of sp³-hybridized carbons (Fsp3) is 0.333. The zero-order valence-corrected chi connectivity index (χ0v) is 16.8. The summed E-state index contributed by atoms with van der Waals surface area (Å²) in [7, 11) is 0. The first-order valence-electron chi connectivity index (χ1n) is 9.25. The molecule has 7 heteroatoms. The molecular formula is C21H22ClN3O3. The van der Waals surface area contributed by atoms with Crippen LogP contribution in [0.5, 0.6) is 5.75 Å². The Bertz CT molecular complexity index is 966. The van der Waals surface area contributed by atoms with Gasteiger partial charge in [-0.15, -0.1) is 0 Å². The number of rotatable bonds is 3. The molecule has 2 aromatic rings. The smallest absolute Gasteiger partial charge is 0.262 e. The average Bonchev–Trinajstić information content (AvgIpc) is 2.96. The van der Waals surface area contributed by atoms with Gasteiger partial charge in [-0.25, -0.2) is 0 Å². The first-order chi connectivity index (χ1) is 13.3. The molecule has 0 aliphatic carbocycles. The van der Waals surface area contributed by atoms with Gasteiger partial charge in [0, 0.05) is 18.3 Å². The van der Waals surface area contributed by atoms with Crippen molar-refractivity contribution in [3.8, 4) is 5.75 Å². The molecular weight excluding hydrogens is 378 g/mol. The molecule has 6 nitrogen and oxygen atoms in total. The molecule has 0 spiro atoms. The molecule has 0 aromatic heterocycles. The quantitative estimate of drug-likeness (QED) is 0.823. The summed E-state index contributed by atoms with van der Waals surface area (Å²) in [5, 5.41) is 6.41. The number of anilines is 3. The van der Waals surface area contributed by atoms with E-state index in [4.69, 9.17) is 16.3 Å². The second kappa shape index (κ2) is 7.02. The van der Waals surface area contributed by atoms with E-state index < -0.39 is 0 Å². The van der Waals surface area contributed by atoms with Crippen molar-refractivity contribution in [1.29, 1.82) is 0 Å². The van der Waals surface area contributed by atoms with Gasteiger partial charge in [0.15, 0.2) is 6.61 Å². The largest absolute Gasteiger partial charge is 0.482 e. The van der Waals surface area contributed by atoms with Gasteiger partial charge in [0.1, 0.15) is 11.8 Å². The van der Waals surface area contributed by atoms with Gasteiger partial charge in [-0.2, -0.15) is 0 Å². The van der Waals surface area contributed by atoms with Crippen LogP contribution in [0.4, 0.5) is 17.1 Å². The van der Waals surface area contributed by atoms with Gasteiger partial charge in [0.05, 0.1) is 16.4 Å². The zero-order chi connectivity index (χ0) is 20.0. The third-order valence-electron chi connectivity index (χ3n) is 5.14. The van der Waals surface area contributed by atoms with Crippen molar-refractivity contribution in [2.45, 2.75) is 33.2 Å². The second-order valence-electron chi connectivity index (χ2n) is 7.39. The van der Waals surface area contributed by atoms with Gasteiger partial charge in [-0.1, -0.05) is 29.3 Å². The van der Waals surface area contributed by atoms with E-state index in [0.29, 0.717) is 35.1 Å². The molecule has 1 fully saturated rings. The van der Waals surface area contributed by atoms with Crippen molar-refractivity contribution in [1.82, 2.24) is 0 Å². The highest BCUT2D eigenvalue weighted by atomic mass is 35.5. The first kappa shape index (κ1) is 18.6. The van der Waals surface area contributed by atoms with E-state index >= 15 is 0 Å². The highest BCUT2D eigenvalue weighted by molar-refractivity contribution is 6.33. The zero-order valence-electron chi connectivity index (χ0n) is 16.1. The van der Waals surface area contributed by atoms with Crippen molar-refractivity contribution in [2.24, 2.45) is 0 Å². The fourth-order valence-electron chi connectivity index (χ4n) is 4.03. The van der Waals surface area contributed by atoms with E-state index in [2.05, 4.69) is 29.7 Å². The number of nitrogens with one attached hydrogen (secondary N) is 2. The molecule has 2 aliphatic heterocycles. The van der Waals surface area contributed by atoms with Crippen LogP contribution in [-0.2, 0) is 9.59 Å². The molecule has 2 N–H and O–H groups in total. The summed E-state index contributed by atoms with van der Waals surface area (Å²) < 4.78 is 5.45. The Kier molecular flexibility index (Phi) is 4.67. The summed E-state index contributed by atoms with van der Waals surface area (Å²) in [4.78, 5) is 26.4. The maximum absolute atomic E-state index is 13.1. The van der Waals surface area contributed by atoms with Crippen LogP contribution in [0.1, 0.15) is 23.1 Å². The molecule has 28 heavy (non-hydrogen) atoms. The monoisotopic (exact) mass is 399 g/mol. The Morgan fingerprint density at radius 1 is 1.14 bits per heavy atom. The summed E-state index contributed by atoms with van der Waals surface area (Å²) in [5.74, 6) is 0.354. The summed E-state index contributed by atoms with van der Waals surface area (Å²) in [5.41, 5.74) is 5.53. The van der Waals surface area contributed by atoms with Crippen LogP contribution in [0.2, 0.25) is 5.02 Å². The Balaban J connectivity index is 1.56. The minimum atomic E-state index is -0.367. The number of carbonyl (C=O) groups excluding carboxylic acids is 2. The van der Waals surface area contributed by atoms with E-state index in [0.717, 1.165) is 16.8 Å². The minimum Gasteiger partial charge on any atom is -0.482 e. The lowest BCUT2D eigenvalue weighted by Crippen LogP contribution is -2.34. The van der Waals surface area contributed by atoms with Gasteiger partial charge in [-0.3, -0.25) is 9.59 Å². The normalized spacial score (nSPS) is 18.6. The summed E-state index contributed by atoms with van der Waals surface area (Å²) in [6.45, 7) is 6.75. The average molecular weight is 400 g/mol. The fourth-order valence-corrected chi connectivity index (χ4v) is 4.25. The molecule has 0 radical (unpaired) electrons.